The predicted molar refractivity (Wildman–Crippen MR) is 118 cm³/mol. The van der Waals surface area contributed by atoms with E-state index in [-0.39, 0.29) is 17.8 Å². The number of amides is 1. The lowest BCUT2D eigenvalue weighted by Gasteiger charge is -2.32. The topological polar surface area (TPSA) is 64.4 Å². The van der Waals surface area contributed by atoms with Crippen molar-refractivity contribution >= 4 is 11.9 Å². The molecule has 2 aromatic carbocycles. The Balaban J connectivity index is 1.53. The zero-order valence-electron chi connectivity index (χ0n) is 17.7. The molecule has 1 saturated heterocycles. The fourth-order valence-electron chi connectivity index (χ4n) is 4.08. The molecule has 0 aliphatic carbocycles. The lowest BCUT2D eigenvalue weighted by molar-refractivity contribution is -0.149. The van der Waals surface area contributed by atoms with Crippen molar-refractivity contribution in [1.29, 1.82) is 0 Å². The van der Waals surface area contributed by atoms with Crippen LogP contribution in [-0.4, -0.2) is 46.3 Å². The van der Waals surface area contributed by atoms with Gasteiger partial charge in [-0.2, -0.15) is 5.10 Å². The Morgan fingerprint density at radius 3 is 2.65 bits per heavy atom. The summed E-state index contributed by atoms with van der Waals surface area (Å²) in [5, 5.41) is 4.24. The Morgan fingerprint density at radius 1 is 1.10 bits per heavy atom. The molecule has 160 valence electrons. The van der Waals surface area contributed by atoms with Crippen LogP contribution >= 0.6 is 0 Å². The van der Waals surface area contributed by atoms with Gasteiger partial charge in [0.1, 0.15) is 0 Å². The van der Waals surface area contributed by atoms with Crippen LogP contribution < -0.4 is 0 Å². The molecule has 0 radical (unpaired) electrons. The normalized spacial score (nSPS) is 16.2. The van der Waals surface area contributed by atoms with Gasteiger partial charge in [0.2, 0.25) is 0 Å². The highest BCUT2D eigenvalue weighted by Gasteiger charge is 2.30. The highest BCUT2D eigenvalue weighted by Crippen LogP contribution is 2.27. The van der Waals surface area contributed by atoms with Crippen molar-refractivity contribution in [3.05, 3.63) is 78.1 Å². The third kappa shape index (κ3) is 4.85. The smallest absolute Gasteiger partial charge is 0.310 e. The van der Waals surface area contributed by atoms with Crippen molar-refractivity contribution in [1.82, 2.24) is 14.7 Å². The fraction of sp³-hybridized carbons (Fsp3) is 0.320. The van der Waals surface area contributed by atoms with E-state index in [2.05, 4.69) is 17.2 Å². The summed E-state index contributed by atoms with van der Waals surface area (Å²) in [6, 6.07) is 17.8. The quantitative estimate of drug-likeness (QED) is 0.569. The number of esters is 1. The van der Waals surface area contributed by atoms with Gasteiger partial charge in [-0.05, 0) is 48.6 Å². The lowest BCUT2D eigenvalue weighted by atomic mass is 9.95. The molecule has 1 amide bonds. The minimum absolute atomic E-state index is 0.0368. The van der Waals surface area contributed by atoms with Gasteiger partial charge in [-0.15, -0.1) is 0 Å². The molecule has 1 aromatic heterocycles. The highest BCUT2D eigenvalue weighted by molar-refractivity contribution is 6.01. The van der Waals surface area contributed by atoms with Crippen LogP contribution in [-0.2, 0) is 16.1 Å². The van der Waals surface area contributed by atoms with E-state index >= 15 is 0 Å². The van der Waals surface area contributed by atoms with E-state index in [1.165, 1.54) is 0 Å². The summed E-state index contributed by atoms with van der Waals surface area (Å²) in [5.74, 6) is -0.488. The van der Waals surface area contributed by atoms with Crippen LogP contribution in [0.3, 0.4) is 0 Å². The van der Waals surface area contributed by atoms with Gasteiger partial charge in [-0.1, -0.05) is 42.5 Å². The number of carbonyl (C=O) groups is 2. The maximum absolute atomic E-state index is 13.4. The molecule has 31 heavy (non-hydrogen) atoms. The van der Waals surface area contributed by atoms with Crippen LogP contribution in [0.25, 0.3) is 11.1 Å². The number of ether oxygens (including phenoxy) is 1. The number of carbonyl (C=O) groups excluding carboxylic acids is 2. The largest absolute Gasteiger partial charge is 0.466 e. The molecule has 1 unspecified atom stereocenters. The van der Waals surface area contributed by atoms with Crippen molar-refractivity contribution in [2.24, 2.45) is 5.92 Å². The van der Waals surface area contributed by atoms with Crippen LogP contribution in [0, 0.1) is 5.92 Å². The van der Waals surface area contributed by atoms with E-state index in [1.807, 2.05) is 53.3 Å². The van der Waals surface area contributed by atoms with Crippen molar-refractivity contribution in [2.75, 3.05) is 19.7 Å². The Labute approximate surface area is 182 Å². The van der Waals surface area contributed by atoms with Gasteiger partial charge in [0, 0.05) is 31.0 Å². The molecule has 1 atom stereocenters. The summed E-state index contributed by atoms with van der Waals surface area (Å²) in [6.07, 6.45) is 5.27. The maximum atomic E-state index is 13.4. The SMILES string of the molecule is CCOC(=O)C1CCCN(C(=O)c2ccccc2-c2ccc(Cn3cccn3)cc2)C1. The second kappa shape index (κ2) is 9.60. The minimum Gasteiger partial charge on any atom is -0.466 e. The molecule has 0 N–H and O–H groups in total. The predicted octanol–water partition coefficient (Wildman–Crippen LogP) is 4.01. The number of likely N-dealkylation sites (tertiary alicyclic amines) is 1. The Hall–Kier alpha value is -3.41. The maximum Gasteiger partial charge on any atom is 0.310 e. The number of nitrogens with zero attached hydrogens (tertiary/aromatic N) is 3. The van der Waals surface area contributed by atoms with Gasteiger partial charge in [-0.25, -0.2) is 0 Å². The summed E-state index contributed by atoms with van der Waals surface area (Å²) >= 11 is 0. The van der Waals surface area contributed by atoms with Gasteiger partial charge in [0.05, 0.1) is 19.1 Å². The van der Waals surface area contributed by atoms with E-state index in [1.54, 1.807) is 18.0 Å². The molecule has 0 saturated carbocycles. The third-order valence-corrected chi connectivity index (χ3v) is 5.65. The number of benzene rings is 2. The first-order valence-corrected chi connectivity index (χ1v) is 10.8. The standard InChI is InChI=1S/C25H27N3O3/c1-2-31-25(30)21-7-5-15-27(18-21)24(29)23-9-4-3-8-22(23)20-12-10-19(11-13-20)17-28-16-6-14-26-28/h3-4,6,8-14,16,21H,2,5,7,15,17-18H2,1H3. The first-order valence-electron chi connectivity index (χ1n) is 10.8. The molecule has 1 aliphatic heterocycles. The molecule has 1 aliphatic rings. The van der Waals surface area contributed by atoms with Gasteiger partial charge in [0.15, 0.2) is 0 Å². The number of aromatic nitrogens is 2. The van der Waals surface area contributed by atoms with Crippen LogP contribution in [0.4, 0.5) is 0 Å². The molecule has 0 bridgehead atoms. The number of rotatable bonds is 6. The molecule has 6 nitrogen and oxygen atoms in total. The highest BCUT2D eigenvalue weighted by atomic mass is 16.5. The summed E-state index contributed by atoms with van der Waals surface area (Å²) in [6.45, 7) is 3.94. The van der Waals surface area contributed by atoms with E-state index in [9.17, 15) is 9.59 Å². The first kappa shape index (κ1) is 20.8. The van der Waals surface area contributed by atoms with E-state index in [4.69, 9.17) is 4.74 Å². The average molecular weight is 418 g/mol. The summed E-state index contributed by atoms with van der Waals surface area (Å²) < 4.78 is 7.05. The monoisotopic (exact) mass is 417 g/mol. The Morgan fingerprint density at radius 2 is 1.90 bits per heavy atom. The van der Waals surface area contributed by atoms with Crippen LogP contribution in [0.15, 0.2) is 67.0 Å². The van der Waals surface area contributed by atoms with Crippen molar-refractivity contribution in [3.8, 4) is 11.1 Å². The number of piperidine rings is 1. The van der Waals surface area contributed by atoms with E-state index in [0.717, 1.165) is 29.5 Å². The molecular weight excluding hydrogens is 390 g/mol. The average Bonchev–Trinajstić information content (AvgIpc) is 3.32. The molecule has 1 fully saturated rings. The lowest BCUT2D eigenvalue weighted by Crippen LogP contribution is -2.43. The van der Waals surface area contributed by atoms with Crippen LogP contribution in [0.5, 0.6) is 0 Å². The zero-order valence-corrected chi connectivity index (χ0v) is 17.7. The van der Waals surface area contributed by atoms with Crippen LogP contribution in [0.2, 0.25) is 0 Å². The fourth-order valence-corrected chi connectivity index (χ4v) is 4.08. The summed E-state index contributed by atoms with van der Waals surface area (Å²) in [4.78, 5) is 27.3. The minimum atomic E-state index is -0.244. The molecule has 6 heteroatoms. The van der Waals surface area contributed by atoms with Gasteiger partial charge in [0.25, 0.3) is 5.91 Å². The second-order valence-corrected chi connectivity index (χ2v) is 7.79. The van der Waals surface area contributed by atoms with Crippen molar-refractivity contribution in [2.45, 2.75) is 26.3 Å². The second-order valence-electron chi connectivity index (χ2n) is 7.79. The summed E-state index contributed by atoms with van der Waals surface area (Å²) in [5.41, 5.74) is 3.69. The van der Waals surface area contributed by atoms with Crippen LogP contribution in [0.1, 0.15) is 35.7 Å². The van der Waals surface area contributed by atoms with Gasteiger partial charge < -0.3 is 9.64 Å². The van der Waals surface area contributed by atoms with E-state index in [0.29, 0.717) is 31.8 Å². The van der Waals surface area contributed by atoms with Gasteiger partial charge in [-0.3, -0.25) is 14.3 Å². The molecule has 2 heterocycles. The molecule has 3 aromatic rings. The molecule has 4 rings (SSSR count). The van der Waals surface area contributed by atoms with Gasteiger partial charge >= 0.3 is 5.97 Å². The van der Waals surface area contributed by atoms with E-state index < -0.39 is 0 Å². The molecule has 0 spiro atoms. The zero-order chi connectivity index (χ0) is 21.6. The third-order valence-electron chi connectivity index (χ3n) is 5.65. The van der Waals surface area contributed by atoms with Crippen molar-refractivity contribution < 1.29 is 14.3 Å². The Bertz CT molecular complexity index is 1030. The molecular formula is C25H27N3O3. The number of hydrogen-bond acceptors (Lipinski definition) is 4. The Kier molecular flexibility index (Phi) is 6.46. The first-order chi connectivity index (χ1) is 15.2. The van der Waals surface area contributed by atoms with Crippen molar-refractivity contribution in [3.63, 3.8) is 0 Å². The number of hydrogen-bond donors (Lipinski definition) is 0. The summed E-state index contributed by atoms with van der Waals surface area (Å²) in [7, 11) is 0.